The number of phenolic OH excluding ortho intramolecular Hbond substituents is 1. The molecule has 0 radical (unpaired) electrons. The minimum absolute atomic E-state index is 0.0833. The first kappa shape index (κ1) is 30.3. The third-order valence-corrected chi connectivity index (χ3v) is 6.14. The molecular formula is C23H31F4N7O2S. The molecule has 0 fully saturated rings. The molecule has 14 heteroatoms. The quantitative estimate of drug-likeness (QED) is 0.103. The average Bonchev–Trinajstić information content (AvgIpc) is 2.81. The number of halogens is 4. The molecule has 0 aromatic heterocycles. The zero-order valence-corrected chi connectivity index (χ0v) is 21.0. The van der Waals surface area contributed by atoms with E-state index in [2.05, 4.69) is 20.9 Å². The average molecular weight is 546 g/mol. The molecule has 2 aromatic rings. The van der Waals surface area contributed by atoms with Crippen molar-refractivity contribution in [2.45, 2.75) is 35.7 Å². The number of guanidine groups is 1. The molecule has 4 unspecified atom stereocenters. The van der Waals surface area contributed by atoms with Crippen LogP contribution in [-0.2, 0) is 4.79 Å². The third-order valence-electron chi connectivity index (χ3n) is 5.35. The molecule has 2 aromatic carbocycles. The van der Waals surface area contributed by atoms with E-state index in [1.54, 1.807) is 24.3 Å². The highest BCUT2D eigenvalue weighted by atomic mass is 32.2. The van der Waals surface area contributed by atoms with Crippen molar-refractivity contribution < 1.29 is 27.5 Å². The molecule has 0 spiro atoms. The molecule has 0 saturated heterocycles. The van der Waals surface area contributed by atoms with Crippen molar-refractivity contribution in [1.82, 2.24) is 10.6 Å². The van der Waals surface area contributed by atoms with Gasteiger partial charge in [0.25, 0.3) is 0 Å². The molecule has 0 aliphatic carbocycles. The van der Waals surface area contributed by atoms with E-state index in [9.17, 15) is 27.5 Å². The maximum Gasteiger partial charge on any atom is 0.404 e. The summed E-state index contributed by atoms with van der Waals surface area (Å²) in [4.78, 5) is 17.9. The van der Waals surface area contributed by atoms with E-state index in [1.165, 1.54) is 30.9 Å². The Balaban J connectivity index is 2.34. The first-order valence-electron chi connectivity index (χ1n) is 11.1. The van der Waals surface area contributed by atoms with E-state index >= 15 is 0 Å². The maximum absolute atomic E-state index is 14.2. The fourth-order valence-corrected chi connectivity index (χ4v) is 3.99. The van der Waals surface area contributed by atoms with Gasteiger partial charge < -0.3 is 32.9 Å². The number of aliphatic imine (C=N–C) groups is 1. The number of alkyl halides is 3. The van der Waals surface area contributed by atoms with E-state index in [-0.39, 0.29) is 30.2 Å². The summed E-state index contributed by atoms with van der Waals surface area (Å²) in [5.41, 5.74) is 18.1. The molecule has 10 N–H and O–H groups in total. The molecular weight excluding hydrogens is 514 g/mol. The molecule has 2 rings (SSSR count). The molecule has 9 nitrogen and oxygen atoms in total. The predicted octanol–water partition coefficient (Wildman–Crippen LogP) is 2.24. The van der Waals surface area contributed by atoms with Crippen LogP contribution in [0.4, 0.5) is 23.2 Å². The number of amides is 1. The number of nitrogens with zero attached hydrogens (tertiary/aromatic N) is 1. The Morgan fingerprint density at radius 2 is 1.84 bits per heavy atom. The Morgan fingerprint density at radius 3 is 2.43 bits per heavy atom. The lowest BCUT2D eigenvalue weighted by Gasteiger charge is -2.26. The first-order valence-corrected chi connectivity index (χ1v) is 12.3. The summed E-state index contributed by atoms with van der Waals surface area (Å²) in [5.74, 6) is -3.94. The standard InChI is InChI=1S/C23H31F4N7O2S/c1-31-11-14(20(30)23(25,26)27)21(36)34-22(32-17-5-3-4-6-18(17)37-2)33-19(29)10-16(28)13-8-7-12(35)9-15(13)24/h3-9,14,16,19-20,31,35H,10-11,28-30H2,1-2H3,(H2,32,33,34,36). The summed E-state index contributed by atoms with van der Waals surface area (Å²) in [6.07, 6.45) is -4.18. The maximum atomic E-state index is 14.2. The number of phenols is 1. The minimum Gasteiger partial charge on any atom is -0.508 e. The number of rotatable bonds is 10. The van der Waals surface area contributed by atoms with E-state index in [1.807, 2.05) is 6.26 Å². The van der Waals surface area contributed by atoms with Gasteiger partial charge in [0.05, 0.1) is 11.6 Å². The second kappa shape index (κ2) is 13.6. The van der Waals surface area contributed by atoms with Crippen LogP contribution in [-0.4, -0.2) is 55.2 Å². The Bertz CT molecular complexity index is 1090. The molecule has 0 saturated carbocycles. The number of thioether (sulfide) groups is 1. The molecule has 0 aliphatic rings. The SMILES string of the molecule is CNCC(C(=O)NC(=NC(N)CC(N)c1ccc(O)cc1F)Nc1ccccc1SC)C(N)C(F)(F)F. The van der Waals surface area contributed by atoms with Crippen molar-refractivity contribution in [2.24, 2.45) is 28.1 Å². The second-order valence-electron chi connectivity index (χ2n) is 8.14. The number of benzene rings is 2. The van der Waals surface area contributed by atoms with Gasteiger partial charge in [-0.1, -0.05) is 18.2 Å². The zero-order valence-electron chi connectivity index (χ0n) is 20.2. The molecule has 1 amide bonds. The Morgan fingerprint density at radius 1 is 1.16 bits per heavy atom. The smallest absolute Gasteiger partial charge is 0.404 e. The van der Waals surface area contributed by atoms with Gasteiger partial charge in [0.15, 0.2) is 0 Å². The van der Waals surface area contributed by atoms with Crippen LogP contribution in [0.15, 0.2) is 52.4 Å². The lowest BCUT2D eigenvalue weighted by Crippen LogP contribution is -2.54. The van der Waals surface area contributed by atoms with E-state index in [0.29, 0.717) is 5.69 Å². The second-order valence-corrected chi connectivity index (χ2v) is 8.99. The molecule has 4 atom stereocenters. The summed E-state index contributed by atoms with van der Waals surface area (Å²) < 4.78 is 54.0. The number of anilines is 1. The largest absolute Gasteiger partial charge is 0.508 e. The number of nitrogens with one attached hydrogen (secondary N) is 3. The first-order chi connectivity index (χ1) is 17.4. The van der Waals surface area contributed by atoms with Crippen molar-refractivity contribution in [3.05, 3.63) is 53.8 Å². The molecule has 0 aliphatic heterocycles. The normalized spacial score (nSPS) is 15.5. The summed E-state index contributed by atoms with van der Waals surface area (Å²) in [6, 6.07) is 7.10. The Kier molecular flexibility index (Phi) is 11.1. The number of nitrogens with two attached hydrogens (primary N) is 3. The van der Waals surface area contributed by atoms with E-state index < -0.39 is 42.1 Å². The zero-order chi connectivity index (χ0) is 27.8. The summed E-state index contributed by atoms with van der Waals surface area (Å²) in [7, 11) is 1.39. The van der Waals surface area contributed by atoms with Crippen molar-refractivity contribution in [2.75, 3.05) is 25.2 Å². The van der Waals surface area contributed by atoms with Gasteiger partial charge in [-0.2, -0.15) is 13.2 Å². The summed E-state index contributed by atoms with van der Waals surface area (Å²) in [6.45, 7) is -0.349. The van der Waals surface area contributed by atoms with Gasteiger partial charge in [-0.15, -0.1) is 11.8 Å². The summed E-state index contributed by atoms with van der Waals surface area (Å²) >= 11 is 1.39. The van der Waals surface area contributed by atoms with Gasteiger partial charge in [-0.05, 0) is 31.5 Å². The van der Waals surface area contributed by atoms with Crippen LogP contribution in [0.1, 0.15) is 18.0 Å². The van der Waals surface area contributed by atoms with Crippen molar-refractivity contribution in [1.29, 1.82) is 0 Å². The minimum atomic E-state index is -4.81. The highest BCUT2D eigenvalue weighted by molar-refractivity contribution is 7.98. The number of carbonyl (C=O) groups excluding carboxylic acids is 1. The highest BCUT2D eigenvalue weighted by Crippen LogP contribution is 2.26. The fourth-order valence-electron chi connectivity index (χ4n) is 3.43. The highest BCUT2D eigenvalue weighted by Gasteiger charge is 2.44. The van der Waals surface area contributed by atoms with Crippen molar-refractivity contribution in [3.8, 4) is 5.75 Å². The van der Waals surface area contributed by atoms with Crippen LogP contribution < -0.4 is 33.2 Å². The molecule has 37 heavy (non-hydrogen) atoms. The van der Waals surface area contributed by atoms with Crippen LogP contribution >= 0.6 is 11.8 Å². The Labute approximate surface area is 216 Å². The van der Waals surface area contributed by atoms with Gasteiger partial charge in [0.2, 0.25) is 11.9 Å². The predicted molar refractivity (Wildman–Crippen MR) is 136 cm³/mol. The topological polar surface area (TPSA) is 164 Å². The lowest BCUT2D eigenvalue weighted by atomic mass is 9.99. The molecule has 0 bridgehead atoms. The van der Waals surface area contributed by atoms with Crippen LogP contribution in [0.3, 0.4) is 0 Å². The number of carbonyl (C=O) groups is 1. The van der Waals surface area contributed by atoms with Crippen LogP contribution in [0, 0.1) is 11.7 Å². The van der Waals surface area contributed by atoms with Crippen molar-refractivity contribution in [3.63, 3.8) is 0 Å². The van der Waals surface area contributed by atoms with Gasteiger partial charge in [-0.3, -0.25) is 10.1 Å². The van der Waals surface area contributed by atoms with Gasteiger partial charge in [0.1, 0.15) is 23.8 Å². The lowest BCUT2D eigenvalue weighted by molar-refractivity contribution is -0.164. The number of hydrogen-bond acceptors (Lipinski definition) is 8. The molecule has 204 valence electrons. The number of hydrogen-bond donors (Lipinski definition) is 7. The summed E-state index contributed by atoms with van der Waals surface area (Å²) in [5, 5.41) is 17.2. The van der Waals surface area contributed by atoms with Gasteiger partial charge >= 0.3 is 6.18 Å². The number of para-hydroxylation sites is 1. The van der Waals surface area contributed by atoms with Crippen LogP contribution in [0.5, 0.6) is 5.75 Å². The van der Waals surface area contributed by atoms with Crippen LogP contribution in [0.25, 0.3) is 0 Å². The van der Waals surface area contributed by atoms with Gasteiger partial charge in [0, 0.05) is 35.5 Å². The van der Waals surface area contributed by atoms with Crippen LogP contribution in [0.2, 0.25) is 0 Å². The fraction of sp³-hybridized carbons (Fsp3) is 0.391. The van der Waals surface area contributed by atoms with Crippen molar-refractivity contribution >= 4 is 29.3 Å². The Hall–Kier alpha value is -2.91. The number of aromatic hydroxyl groups is 1. The van der Waals surface area contributed by atoms with E-state index in [0.717, 1.165) is 11.0 Å². The molecule has 0 heterocycles. The van der Waals surface area contributed by atoms with Gasteiger partial charge in [-0.25, -0.2) is 9.38 Å². The monoisotopic (exact) mass is 545 g/mol. The van der Waals surface area contributed by atoms with E-state index in [4.69, 9.17) is 17.2 Å². The third kappa shape index (κ3) is 8.86.